The molecule has 1 aliphatic rings. The molecule has 0 heterocycles. The van der Waals surface area contributed by atoms with Gasteiger partial charge in [0, 0.05) is 25.0 Å². The molecule has 1 fully saturated rings. The highest BCUT2D eigenvalue weighted by Gasteiger charge is 2.32. The lowest BCUT2D eigenvalue weighted by molar-refractivity contribution is -0.156. The van der Waals surface area contributed by atoms with Crippen LogP contribution in [-0.4, -0.2) is 73.7 Å². The first kappa shape index (κ1) is 89.8. The summed E-state index contributed by atoms with van der Waals surface area (Å²) in [6.45, 7) is 9.93. The molecule has 1 rings (SSSR count). The second-order valence-electron chi connectivity index (χ2n) is 29.2. The fraction of sp³-hybridized carbons (Fsp3) is 0.798. The van der Waals surface area contributed by atoms with Crippen molar-refractivity contribution in [1.29, 1.82) is 0 Å². The molecule has 1 aliphatic carbocycles. The highest BCUT2D eigenvalue weighted by Crippen LogP contribution is 2.30. The third-order valence-corrected chi connectivity index (χ3v) is 20.1. The van der Waals surface area contributed by atoms with Crippen molar-refractivity contribution < 1.29 is 19.1 Å². The van der Waals surface area contributed by atoms with Crippen molar-refractivity contribution in [2.45, 2.75) is 424 Å². The predicted molar refractivity (Wildman–Crippen MR) is 421 cm³/mol. The highest BCUT2D eigenvalue weighted by atomic mass is 16.5. The predicted octanol–water partition coefficient (Wildman–Crippen LogP) is 27.8. The minimum Gasteiger partial charge on any atom is -0.462 e. The number of likely N-dealkylation sites (N-methyl/N-ethyl adjacent to an activating group) is 2. The number of hydrogen-bond acceptors (Lipinski definition) is 6. The maximum Gasteiger partial charge on any atom is 0.309 e. The third-order valence-electron chi connectivity index (χ3n) is 20.1. The second kappa shape index (κ2) is 72.0. The number of ether oxygens (including phenoxy) is 2. The van der Waals surface area contributed by atoms with Crippen LogP contribution in [0.25, 0.3) is 0 Å². The zero-order chi connectivity index (χ0) is 68.6. The largest absolute Gasteiger partial charge is 0.462 e. The van der Waals surface area contributed by atoms with Gasteiger partial charge < -0.3 is 19.3 Å². The van der Waals surface area contributed by atoms with E-state index < -0.39 is 0 Å². The fourth-order valence-corrected chi connectivity index (χ4v) is 13.6. The maximum atomic E-state index is 14.0. The van der Waals surface area contributed by atoms with Gasteiger partial charge in [-0.05, 0) is 227 Å². The Morgan fingerprint density at radius 1 is 0.337 bits per heavy atom. The number of esters is 2. The van der Waals surface area contributed by atoms with Gasteiger partial charge in [0.25, 0.3) is 0 Å². The lowest BCUT2D eigenvalue weighted by atomic mass is 9.85. The summed E-state index contributed by atoms with van der Waals surface area (Å²) < 4.78 is 12.9. The van der Waals surface area contributed by atoms with E-state index in [2.05, 4.69) is 156 Å². The Bertz CT molecular complexity index is 1880. The molecule has 0 aromatic carbocycles. The van der Waals surface area contributed by atoms with E-state index >= 15 is 0 Å². The SMILES string of the molecule is CC/C=C\C/C=C\C/C=C\CCCCCCCCC(CCCCCCCC/C=C\C/C=C\CCCCC)OC(=O)CCC(CN(C)C1CCC(C(=O)OC(CCCCCCCC/C=C\C/C=C\CCCCC)CCCCCCCC/C=C\CCCCCCCC)CC1)N(C)C. The number of hydrogen-bond donors (Lipinski definition) is 0. The van der Waals surface area contributed by atoms with Crippen molar-refractivity contribution in [3.05, 3.63) is 97.2 Å². The molecule has 0 saturated heterocycles. The summed E-state index contributed by atoms with van der Waals surface area (Å²) in [5, 5.41) is 0. The van der Waals surface area contributed by atoms with Crippen LogP contribution in [0.15, 0.2) is 97.2 Å². The Morgan fingerprint density at radius 2 is 0.621 bits per heavy atom. The average molecular weight is 1320 g/mol. The topological polar surface area (TPSA) is 59.1 Å². The second-order valence-corrected chi connectivity index (χ2v) is 29.2. The molecule has 95 heavy (non-hydrogen) atoms. The zero-order valence-electron chi connectivity index (χ0n) is 64.4. The van der Waals surface area contributed by atoms with Gasteiger partial charge in [-0.2, -0.15) is 0 Å². The molecule has 0 N–H and O–H groups in total. The van der Waals surface area contributed by atoms with Gasteiger partial charge in [0.1, 0.15) is 12.2 Å². The molecule has 6 heteroatoms. The van der Waals surface area contributed by atoms with Crippen molar-refractivity contribution in [3.8, 4) is 0 Å². The summed E-state index contributed by atoms with van der Waals surface area (Å²) in [7, 11) is 6.60. The number of carbonyl (C=O) groups is 2. The molecule has 550 valence electrons. The van der Waals surface area contributed by atoms with Crippen LogP contribution in [0.4, 0.5) is 0 Å². The summed E-state index contributed by atoms with van der Waals surface area (Å²) in [6.07, 6.45) is 107. The number of rotatable bonds is 70. The van der Waals surface area contributed by atoms with E-state index in [0.717, 1.165) is 122 Å². The summed E-state index contributed by atoms with van der Waals surface area (Å²) in [5.41, 5.74) is 0. The smallest absolute Gasteiger partial charge is 0.309 e. The maximum absolute atomic E-state index is 14.0. The van der Waals surface area contributed by atoms with Crippen LogP contribution < -0.4 is 0 Å². The number of carbonyl (C=O) groups excluding carboxylic acids is 2. The van der Waals surface area contributed by atoms with E-state index in [1.807, 2.05) is 0 Å². The van der Waals surface area contributed by atoms with Crippen LogP contribution in [0, 0.1) is 5.92 Å². The minimum atomic E-state index is -0.0163. The van der Waals surface area contributed by atoms with Gasteiger partial charge in [0.05, 0.1) is 5.92 Å². The van der Waals surface area contributed by atoms with Crippen LogP contribution >= 0.6 is 0 Å². The number of allylic oxidation sites excluding steroid dienone is 16. The Balaban J connectivity index is 2.69. The summed E-state index contributed by atoms with van der Waals surface area (Å²) in [5.74, 6) is 0.0609. The van der Waals surface area contributed by atoms with Crippen molar-refractivity contribution in [2.24, 2.45) is 5.92 Å². The molecule has 0 spiro atoms. The molecule has 3 atom stereocenters. The molecule has 0 radical (unpaired) electrons. The first-order valence-corrected chi connectivity index (χ1v) is 41.7. The summed E-state index contributed by atoms with van der Waals surface area (Å²) in [6, 6.07) is 0.698. The first-order chi connectivity index (χ1) is 46.7. The van der Waals surface area contributed by atoms with Crippen LogP contribution in [-0.2, 0) is 19.1 Å². The number of unbranched alkanes of at least 4 members (excludes halogenated alkanes) is 36. The Morgan fingerprint density at radius 3 is 0.968 bits per heavy atom. The van der Waals surface area contributed by atoms with Gasteiger partial charge >= 0.3 is 11.9 Å². The lowest BCUT2D eigenvalue weighted by Gasteiger charge is -2.37. The average Bonchev–Trinajstić information content (AvgIpc) is 1.00. The molecule has 3 unspecified atom stereocenters. The van der Waals surface area contributed by atoms with Gasteiger partial charge in [0.2, 0.25) is 0 Å². The molecule has 0 bridgehead atoms. The van der Waals surface area contributed by atoms with Gasteiger partial charge in [-0.3, -0.25) is 9.59 Å². The third kappa shape index (κ3) is 61.6. The molecule has 0 aromatic rings. The standard InChI is InChI=1S/C89H160N2O4/c1-8-12-16-20-24-28-32-36-40-44-48-52-56-60-64-68-72-86(73-69-65-61-57-53-49-45-41-37-33-29-25-21-17-13-9-2)94-88(92)81-80-85(90(5)6)82-91(7)84-78-76-83(77-79-84)89(93)95-87(74-70-66-62-58-54-50-46-42-38-34-30-26-22-18-14-10-3)75-71-67-63-59-55-51-47-43-39-35-31-27-23-19-15-11-4/h12,16,24-26,28-30,36-43,83-87H,8-11,13-15,17-23,27,31-35,44-82H2,1-7H3/b16-12-,28-24-,29-25-,30-26-,40-36-,41-37-,42-38-,43-39-. The summed E-state index contributed by atoms with van der Waals surface area (Å²) in [4.78, 5) is 32.6. The van der Waals surface area contributed by atoms with Crippen LogP contribution in [0.5, 0.6) is 0 Å². The molecule has 0 amide bonds. The molecular weight excluding hydrogens is 1160 g/mol. The Hall–Kier alpha value is -3.22. The van der Waals surface area contributed by atoms with E-state index in [0.29, 0.717) is 12.5 Å². The van der Waals surface area contributed by atoms with Crippen molar-refractivity contribution >= 4 is 11.9 Å². The normalized spacial score (nSPS) is 16.0. The Kier molecular flexibility index (Phi) is 68.1. The van der Waals surface area contributed by atoms with Gasteiger partial charge in [-0.15, -0.1) is 0 Å². The van der Waals surface area contributed by atoms with E-state index in [1.165, 1.54) is 250 Å². The van der Waals surface area contributed by atoms with E-state index in [9.17, 15) is 9.59 Å². The van der Waals surface area contributed by atoms with Crippen LogP contribution in [0.3, 0.4) is 0 Å². The van der Waals surface area contributed by atoms with E-state index in [4.69, 9.17) is 9.47 Å². The van der Waals surface area contributed by atoms with Crippen molar-refractivity contribution in [1.82, 2.24) is 9.80 Å². The monoisotopic (exact) mass is 1320 g/mol. The van der Waals surface area contributed by atoms with Crippen LogP contribution in [0.1, 0.15) is 400 Å². The van der Waals surface area contributed by atoms with E-state index in [-0.39, 0.29) is 36.1 Å². The van der Waals surface area contributed by atoms with Gasteiger partial charge in [-0.25, -0.2) is 0 Å². The molecule has 0 aromatic heterocycles. The van der Waals surface area contributed by atoms with E-state index in [1.54, 1.807) is 0 Å². The Labute approximate surface area is 592 Å². The minimum absolute atomic E-state index is 0.00827. The number of nitrogens with zero attached hydrogens (tertiary/aromatic N) is 2. The van der Waals surface area contributed by atoms with Crippen molar-refractivity contribution in [2.75, 3.05) is 27.7 Å². The lowest BCUT2D eigenvalue weighted by Crippen LogP contribution is -2.45. The molecule has 1 saturated carbocycles. The first-order valence-electron chi connectivity index (χ1n) is 41.7. The molecule has 6 nitrogen and oxygen atoms in total. The molecule has 0 aliphatic heterocycles. The quantitative estimate of drug-likeness (QED) is 0.0344. The van der Waals surface area contributed by atoms with Gasteiger partial charge in [-0.1, -0.05) is 285 Å². The summed E-state index contributed by atoms with van der Waals surface area (Å²) >= 11 is 0. The molecular formula is C89H160N2O4. The van der Waals surface area contributed by atoms with Crippen molar-refractivity contribution in [3.63, 3.8) is 0 Å². The van der Waals surface area contributed by atoms with Gasteiger partial charge in [0.15, 0.2) is 0 Å². The highest BCUT2D eigenvalue weighted by molar-refractivity contribution is 5.72. The fourth-order valence-electron chi connectivity index (χ4n) is 13.6. The van der Waals surface area contributed by atoms with Crippen LogP contribution in [0.2, 0.25) is 0 Å². The zero-order valence-corrected chi connectivity index (χ0v) is 64.4.